The van der Waals surface area contributed by atoms with Crippen LogP contribution in [0.1, 0.15) is 22.0 Å². The van der Waals surface area contributed by atoms with Crippen molar-refractivity contribution in [2.24, 2.45) is 0 Å². The van der Waals surface area contributed by atoms with E-state index in [1.54, 1.807) is 6.07 Å². The predicted octanol–water partition coefficient (Wildman–Crippen LogP) is 1.75. The summed E-state index contributed by atoms with van der Waals surface area (Å²) in [5, 5.41) is 8.77. The van der Waals surface area contributed by atoms with Gasteiger partial charge in [0, 0.05) is 12.6 Å². The van der Waals surface area contributed by atoms with E-state index in [9.17, 15) is 18.0 Å². The highest BCUT2D eigenvalue weighted by atomic mass is 19.2. The molecule has 0 aromatic heterocycles. The standard InChI is InChI=1S/C10H5F3N2O/c1-15-6(3-14)4-2-5(11)8(12)9(13)7(4)10(15)16/h2,6H,1H3. The van der Waals surface area contributed by atoms with Crippen molar-refractivity contribution < 1.29 is 18.0 Å². The van der Waals surface area contributed by atoms with Crippen LogP contribution in [0, 0.1) is 28.8 Å². The first kappa shape index (κ1) is 10.5. The Morgan fingerprint density at radius 1 is 1.38 bits per heavy atom. The fourth-order valence-electron chi connectivity index (χ4n) is 1.70. The third-order valence-corrected chi connectivity index (χ3v) is 2.53. The van der Waals surface area contributed by atoms with Crippen LogP contribution in [0.3, 0.4) is 0 Å². The van der Waals surface area contributed by atoms with Gasteiger partial charge in [-0.3, -0.25) is 4.79 Å². The lowest BCUT2D eigenvalue weighted by Crippen LogP contribution is -2.22. The number of nitriles is 1. The molecule has 82 valence electrons. The summed E-state index contributed by atoms with van der Waals surface area (Å²) in [6.45, 7) is 0. The first-order valence-corrected chi connectivity index (χ1v) is 4.33. The molecule has 1 aliphatic rings. The number of halogens is 3. The quantitative estimate of drug-likeness (QED) is 0.632. The van der Waals surface area contributed by atoms with Crippen LogP contribution in [0.25, 0.3) is 0 Å². The number of carbonyl (C=O) groups is 1. The molecule has 0 fully saturated rings. The Hall–Kier alpha value is -2.03. The molecule has 1 unspecified atom stereocenters. The summed E-state index contributed by atoms with van der Waals surface area (Å²) in [7, 11) is 1.27. The number of rotatable bonds is 0. The van der Waals surface area contributed by atoms with Gasteiger partial charge in [0.1, 0.15) is 6.04 Å². The molecule has 6 heteroatoms. The van der Waals surface area contributed by atoms with E-state index in [0.717, 1.165) is 4.90 Å². The minimum absolute atomic E-state index is 0.133. The van der Waals surface area contributed by atoms with Gasteiger partial charge in [-0.05, 0) is 6.07 Å². The van der Waals surface area contributed by atoms with Gasteiger partial charge in [-0.15, -0.1) is 0 Å². The van der Waals surface area contributed by atoms with E-state index in [4.69, 9.17) is 5.26 Å². The summed E-state index contributed by atoms with van der Waals surface area (Å²) in [5.41, 5.74) is -0.695. The van der Waals surface area contributed by atoms with E-state index >= 15 is 0 Å². The molecule has 0 bridgehead atoms. The summed E-state index contributed by atoms with van der Waals surface area (Å²) >= 11 is 0. The fraction of sp³-hybridized carbons (Fsp3) is 0.200. The van der Waals surface area contributed by atoms with E-state index in [1.165, 1.54) is 7.05 Å². The number of fused-ring (bicyclic) bond motifs is 1. The Morgan fingerprint density at radius 2 is 2.00 bits per heavy atom. The first-order chi connectivity index (χ1) is 7.49. The van der Waals surface area contributed by atoms with Gasteiger partial charge in [0.15, 0.2) is 17.5 Å². The Labute approximate surface area is 88.7 Å². The SMILES string of the molecule is CN1C(=O)c2c(cc(F)c(F)c2F)C1C#N. The van der Waals surface area contributed by atoms with Crippen molar-refractivity contribution in [3.63, 3.8) is 0 Å². The van der Waals surface area contributed by atoms with Gasteiger partial charge in [0.05, 0.1) is 11.6 Å². The summed E-state index contributed by atoms with van der Waals surface area (Å²) in [6.07, 6.45) is 0. The van der Waals surface area contributed by atoms with Crippen molar-refractivity contribution in [3.05, 3.63) is 34.6 Å². The van der Waals surface area contributed by atoms with Gasteiger partial charge in [-0.2, -0.15) is 5.26 Å². The Kier molecular flexibility index (Phi) is 2.12. The van der Waals surface area contributed by atoms with Crippen molar-refractivity contribution >= 4 is 5.91 Å². The molecule has 16 heavy (non-hydrogen) atoms. The lowest BCUT2D eigenvalue weighted by atomic mass is 10.0. The summed E-state index contributed by atoms with van der Waals surface area (Å²) < 4.78 is 39.2. The molecular formula is C10H5F3N2O. The van der Waals surface area contributed by atoms with Gasteiger partial charge in [-0.1, -0.05) is 0 Å². The summed E-state index contributed by atoms with van der Waals surface area (Å²) in [6, 6.07) is 1.33. The highest BCUT2D eigenvalue weighted by Crippen LogP contribution is 2.35. The van der Waals surface area contributed by atoms with E-state index < -0.39 is 35.0 Å². The molecule has 0 saturated heterocycles. The van der Waals surface area contributed by atoms with Crippen molar-refractivity contribution in [2.45, 2.75) is 6.04 Å². The highest BCUT2D eigenvalue weighted by molar-refractivity contribution is 5.99. The van der Waals surface area contributed by atoms with Gasteiger partial charge < -0.3 is 4.90 Å². The maximum atomic E-state index is 13.3. The topological polar surface area (TPSA) is 44.1 Å². The smallest absolute Gasteiger partial charge is 0.258 e. The van der Waals surface area contributed by atoms with Gasteiger partial charge in [-0.25, -0.2) is 13.2 Å². The molecule has 1 aromatic carbocycles. The molecule has 1 aromatic rings. The molecule has 0 spiro atoms. The lowest BCUT2D eigenvalue weighted by molar-refractivity contribution is 0.0796. The Balaban J connectivity index is 2.78. The van der Waals surface area contributed by atoms with Crippen molar-refractivity contribution in [1.29, 1.82) is 5.26 Å². The van der Waals surface area contributed by atoms with E-state index in [1.807, 2.05) is 0 Å². The molecule has 3 nitrogen and oxygen atoms in total. The zero-order chi connectivity index (χ0) is 12.0. The van der Waals surface area contributed by atoms with Crippen molar-refractivity contribution in [1.82, 2.24) is 4.90 Å². The molecule has 2 rings (SSSR count). The highest BCUT2D eigenvalue weighted by Gasteiger charge is 2.39. The van der Waals surface area contributed by atoms with Crippen molar-refractivity contribution in [3.8, 4) is 6.07 Å². The Morgan fingerprint density at radius 3 is 2.56 bits per heavy atom. The van der Waals surface area contributed by atoms with Crippen LogP contribution in [0.2, 0.25) is 0 Å². The number of amides is 1. The van der Waals surface area contributed by atoms with Crippen LogP contribution < -0.4 is 0 Å². The van der Waals surface area contributed by atoms with Crippen LogP contribution in [0.15, 0.2) is 6.07 Å². The molecule has 1 heterocycles. The monoisotopic (exact) mass is 226 g/mol. The van der Waals surface area contributed by atoms with Crippen LogP contribution in [-0.4, -0.2) is 17.9 Å². The van der Waals surface area contributed by atoms with Crippen LogP contribution in [-0.2, 0) is 0 Å². The zero-order valence-corrected chi connectivity index (χ0v) is 8.09. The largest absolute Gasteiger partial charge is 0.322 e. The first-order valence-electron chi connectivity index (χ1n) is 4.33. The molecular weight excluding hydrogens is 221 g/mol. The van der Waals surface area contributed by atoms with E-state index in [-0.39, 0.29) is 5.56 Å². The average Bonchev–Trinajstić information content (AvgIpc) is 2.48. The number of nitrogens with zero attached hydrogens (tertiary/aromatic N) is 2. The predicted molar refractivity (Wildman–Crippen MR) is 46.8 cm³/mol. The molecule has 0 N–H and O–H groups in total. The summed E-state index contributed by atoms with van der Waals surface area (Å²) in [5.74, 6) is -5.46. The second-order valence-corrected chi connectivity index (χ2v) is 3.40. The lowest BCUT2D eigenvalue weighted by Gasteiger charge is -2.11. The minimum atomic E-state index is -1.70. The minimum Gasteiger partial charge on any atom is -0.322 e. The van der Waals surface area contributed by atoms with E-state index in [2.05, 4.69) is 0 Å². The molecule has 1 aliphatic heterocycles. The molecule has 0 saturated carbocycles. The second kappa shape index (κ2) is 3.23. The average molecular weight is 226 g/mol. The van der Waals surface area contributed by atoms with Crippen LogP contribution in [0.4, 0.5) is 13.2 Å². The van der Waals surface area contributed by atoms with Crippen molar-refractivity contribution in [2.75, 3.05) is 7.05 Å². The van der Waals surface area contributed by atoms with Crippen LogP contribution >= 0.6 is 0 Å². The molecule has 1 amide bonds. The third kappa shape index (κ3) is 1.11. The maximum Gasteiger partial charge on any atom is 0.258 e. The molecule has 0 aliphatic carbocycles. The van der Waals surface area contributed by atoms with Gasteiger partial charge in [0.25, 0.3) is 5.91 Å². The zero-order valence-electron chi connectivity index (χ0n) is 8.09. The number of benzene rings is 1. The fourth-order valence-corrected chi connectivity index (χ4v) is 1.70. The number of hydrogen-bond donors (Lipinski definition) is 0. The maximum absolute atomic E-state index is 13.3. The molecule has 0 radical (unpaired) electrons. The normalized spacial score (nSPS) is 18.6. The van der Waals surface area contributed by atoms with Gasteiger partial charge in [0.2, 0.25) is 0 Å². The Bertz CT molecular complexity index is 536. The van der Waals surface area contributed by atoms with Gasteiger partial charge >= 0.3 is 0 Å². The van der Waals surface area contributed by atoms with E-state index in [0.29, 0.717) is 6.07 Å². The van der Waals surface area contributed by atoms with Crippen LogP contribution in [0.5, 0.6) is 0 Å². The number of carbonyl (C=O) groups excluding carboxylic acids is 1. The second-order valence-electron chi connectivity index (χ2n) is 3.40. The third-order valence-electron chi connectivity index (χ3n) is 2.53. The summed E-state index contributed by atoms with van der Waals surface area (Å²) in [4.78, 5) is 12.4. The molecule has 1 atom stereocenters. The number of hydrogen-bond acceptors (Lipinski definition) is 2.